The van der Waals surface area contributed by atoms with E-state index < -0.39 is 12.1 Å². The second-order valence-electron chi connectivity index (χ2n) is 7.51. The van der Waals surface area contributed by atoms with Crippen LogP contribution in [0.1, 0.15) is 44.6 Å². The summed E-state index contributed by atoms with van der Waals surface area (Å²) in [6.45, 7) is 2.86. The normalized spacial score (nSPS) is 11.7. The second kappa shape index (κ2) is 12.0. The number of hydrogen-bond acceptors (Lipinski definition) is 3. The minimum atomic E-state index is -1.40. The van der Waals surface area contributed by atoms with Crippen molar-refractivity contribution >= 4 is 17.7 Å². The van der Waals surface area contributed by atoms with Crippen LogP contribution >= 0.6 is 0 Å². The van der Waals surface area contributed by atoms with Gasteiger partial charge in [0.15, 0.2) is 6.10 Å². The molecule has 0 saturated carbocycles. The predicted molar refractivity (Wildman–Crippen MR) is 120 cm³/mol. The molecule has 6 heteroatoms. The lowest BCUT2D eigenvalue weighted by atomic mass is 10.0. The van der Waals surface area contributed by atoms with Gasteiger partial charge in [0.25, 0.3) is 0 Å². The Morgan fingerprint density at radius 3 is 2.37 bits per heavy atom. The number of nitrogens with one attached hydrogen (secondary N) is 1. The molecule has 1 unspecified atom stereocenters. The molecule has 3 N–H and O–H groups in total. The standard InChI is InChI=1S/C24H32N2O4/c1-3-4-5-6-7-15-25-24(30)26(2)21-10-8-9-20(17-21)19-13-11-18(12-14-19)16-22(27)23(28)29/h8-14,17,22,27H,3-7,15-16H2,1-2H3,(H,25,30)(H,28,29). The van der Waals surface area contributed by atoms with Crippen molar-refractivity contribution in [2.45, 2.75) is 51.6 Å². The number of nitrogens with zero attached hydrogens (tertiary/aromatic N) is 1. The monoisotopic (exact) mass is 412 g/mol. The highest BCUT2D eigenvalue weighted by Gasteiger charge is 2.14. The Morgan fingerprint density at radius 1 is 1.00 bits per heavy atom. The summed E-state index contributed by atoms with van der Waals surface area (Å²) in [5.41, 5.74) is 3.45. The van der Waals surface area contributed by atoms with Gasteiger partial charge in [-0.15, -0.1) is 0 Å². The van der Waals surface area contributed by atoms with Crippen molar-refractivity contribution in [3.8, 4) is 11.1 Å². The molecule has 30 heavy (non-hydrogen) atoms. The van der Waals surface area contributed by atoms with Crippen molar-refractivity contribution in [1.82, 2.24) is 5.32 Å². The summed E-state index contributed by atoms with van der Waals surface area (Å²) in [6, 6.07) is 15.0. The van der Waals surface area contributed by atoms with Crippen molar-refractivity contribution in [2.24, 2.45) is 0 Å². The van der Waals surface area contributed by atoms with E-state index in [1.165, 1.54) is 19.3 Å². The molecule has 2 rings (SSSR count). The Bertz CT molecular complexity index is 820. The number of aliphatic hydroxyl groups is 1. The number of amides is 2. The third kappa shape index (κ3) is 7.19. The van der Waals surface area contributed by atoms with Crippen molar-refractivity contribution in [3.05, 3.63) is 54.1 Å². The zero-order valence-corrected chi connectivity index (χ0v) is 17.8. The van der Waals surface area contributed by atoms with Crippen LogP contribution in [0, 0.1) is 0 Å². The fourth-order valence-corrected chi connectivity index (χ4v) is 3.20. The zero-order chi connectivity index (χ0) is 21.9. The van der Waals surface area contributed by atoms with Crippen molar-refractivity contribution in [3.63, 3.8) is 0 Å². The van der Waals surface area contributed by atoms with Crippen LogP contribution in [-0.2, 0) is 11.2 Å². The molecule has 0 aliphatic rings. The first-order valence-electron chi connectivity index (χ1n) is 10.5. The van der Waals surface area contributed by atoms with E-state index in [1.807, 2.05) is 48.5 Å². The molecule has 1 atom stereocenters. The molecule has 6 nitrogen and oxygen atoms in total. The minimum absolute atomic E-state index is 0.0665. The van der Waals surface area contributed by atoms with Gasteiger partial charge in [-0.05, 0) is 35.2 Å². The van der Waals surface area contributed by atoms with Crippen LogP contribution in [0.4, 0.5) is 10.5 Å². The Kier molecular flexibility index (Phi) is 9.35. The maximum absolute atomic E-state index is 12.4. The van der Waals surface area contributed by atoms with E-state index in [2.05, 4.69) is 12.2 Å². The number of aliphatic carboxylic acids is 1. The quantitative estimate of drug-likeness (QED) is 0.476. The SMILES string of the molecule is CCCCCCCNC(=O)N(C)c1cccc(-c2ccc(CC(O)C(=O)O)cc2)c1. The van der Waals surface area contributed by atoms with Gasteiger partial charge < -0.3 is 15.5 Å². The zero-order valence-electron chi connectivity index (χ0n) is 17.8. The summed E-state index contributed by atoms with van der Waals surface area (Å²) in [5.74, 6) is -1.23. The molecular weight excluding hydrogens is 380 g/mol. The number of carboxylic acid groups (broad SMARTS) is 1. The third-order valence-electron chi connectivity index (χ3n) is 5.10. The first kappa shape index (κ1) is 23.4. The van der Waals surface area contributed by atoms with Crippen LogP contribution in [0.5, 0.6) is 0 Å². The molecule has 0 aliphatic carbocycles. The Balaban J connectivity index is 1.96. The Labute approximate surface area is 178 Å². The first-order chi connectivity index (χ1) is 14.4. The molecule has 0 radical (unpaired) electrons. The molecule has 2 amide bonds. The van der Waals surface area contributed by atoms with Crippen LogP contribution in [0.2, 0.25) is 0 Å². The maximum Gasteiger partial charge on any atom is 0.332 e. The molecule has 0 aromatic heterocycles. The van der Waals surface area contributed by atoms with Crippen molar-refractivity contribution in [2.75, 3.05) is 18.5 Å². The van der Waals surface area contributed by atoms with Crippen molar-refractivity contribution < 1.29 is 19.8 Å². The third-order valence-corrected chi connectivity index (χ3v) is 5.10. The van der Waals surface area contributed by atoms with Gasteiger partial charge in [-0.3, -0.25) is 4.90 Å². The smallest absolute Gasteiger partial charge is 0.332 e. The van der Waals surface area contributed by atoms with E-state index in [1.54, 1.807) is 11.9 Å². The van der Waals surface area contributed by atoms with E-state index in [-0.39, 0.29) is 12.5 Å². The van der Waals surface area contributed by atoms with Gasteiger partial charge in [-0.2, -0.15) is 0 Å². The van der Waals surface area contributed by atoms with Gasteiger partial charge in [0.2, 0.25) is 0 Å². The Morgan fingerprint density at radius 2 is 1.70 bits per heavy atom. The van der Waals surface area contributed by atoms with Crippen molar-refractivity contribution in [1.29, 1.82) is 0 Å². The number of rotatable bonds is 11. The van der Waals surface area contributed by atoms with Crippen LogP contribution in [0.3, 0.4) is 0 Å². The molecule has 0 aliphatic heterocycles. The van der Waals surface area contributed by atoms with Crippen LogP contribution in [0.25, 0.3) is 11.1 Å². The van der Waals surface area contributed by atoms with Gasteiger partial charge in [-0.1, -0.05) is 69.0 Å². The van der Waals surface area contributed by atoms with Crippen LogP contribution < -0.4 is 10.2 Å². The molecule has 0 fully saturated rings. The average Bonchev–Trinajstić information content (AvgIpc) is 2.76. The summed E-state index contributed by atoms with van der Waals surface area (Å²) >= 11 is 0. The number of hydrogen-bond donors (Lipinski definition) is 3. The fraction of sp³-hybridized carbons (Fsp3) is 0.417. The fourth-order valence-electron chi connectivity index (χ4n) is 3.20. The van der Waals surface area contributed by atoms with E-state index in [9.17, 15) is 14.7 Å². The van der Waals surface area contributed by atoms with E-state index >= 15 is 0 Å². The number of anilines is 1. The van der Waals surface area contributed by atoms with Gasteiger partial charge in [-0.25, -0.2) is 9.59 Å². The minimum Gasteiger partial charge on any atom is -0.479 e. The number of carbonyl (C=O) groups excluding carboxylic acids is 1. The summed E-state index contributed by atoms with van der Waals surface area (Å²) < 4.78 is 0. The summed E-state index contributed by atoms with van der Waals surface area (Å²) in [6.07, 6.45) is 4.43. The number of aliphatic hydroxyl groups excluding tert-OH is 1. The summed E-state index contributed by atoms with van der Waals surface area (Å²) in [4.78, 5) is 24.8. The number of carbonyl (C=O) groups is 2. The predicted octanol–water partition coefficient (Wildman–Crippen LogP) is 4.46. The van der Waals surface area contributed by atoms with E-state index in [4.69, 9.17) is 5.11 Å². The number of urea groups is 1. The van der Waals surface area contributed by atoms with Gasteiger partial charge in [0.1, 0.15) is 0 Å². The molecule has 0 spiro atoms. The maximum atomic E-state index is 12.4. The van der Waals surface area contributed by atoms with Gasteiger partial charge >= 0.3 is 12.0 Å². The Hall–Kier alpha value is -2.86. The van der Waals surface area contributed by atoms with E-state index in [0.29, 0.717) is 6.54 Å². The van der Waals surface area contributed by atoms with Gasteiger partial charge in [0.05, 0.1) is 0 Å². The van der Waals surface area contributed by atoms with Gasteiger partial charge in [0, 0.05) is 25.7 Å². The summed E-state index contributed by atoms with van der Waals surface area (Å²) in [5, 5.41) is 21.3. The first-order valence-corrected chi connectivity index (χ1v) is 10.5. The number of carboxylic acids is 1. The molecule has 2 aromatic rings. The largest absolute Gasteiger partial charge is 0.479 e. The molecule has 0 saturated heterocycles. The highest BCUT2D eigenvalue weighted by Crippen LogP contribution is 2.25. The lowest BCUT2D eigenvalue weighted by Gasteiger charge is -2.19. The molecular formula is C24H32N2O4. The molecule has 0 heterocycles. The molecule has 162 valence electrons. The molecule has 2 aromatic carbocycles. The van der Waals surface area contributed by atoms with E-state index in [0.717, 1.165) is 35.2 Å². The lowest BCUT2D eigenvalue weighted by Crippen LogP contribution is -2.37. The highest BCUT2D eigenvalue weighted by atomic mass is 16.4. The van der Waals surface area contributed by atoms with Crippen LogP contribution in [0.15, 0.2) is 48.5 Å². The average molecular weight is 413 g/mol. The van der Waals surface area contributed by atoms with Crippen LogP contribution in [-0.4, -0.2) is 41.9 Å². The number of benzene rings is 2. The second-order valence-corrected chi connectivity index (χ2v) is 7.51. The lowest BCUT2D eigenvalue weighted by molar-refractivity contribution is -0.146. The molecule has 0 bridgehead atoms. The summed E-state index contributed by atoms with van der Waals surface area (Å²) in [7, 11) is 1.75. The topological polar surface area (TPSA) is 89.9 Å². The number of unbranched alkanes of at least 4 members (excludes halogenated alkanes) is 4. The highest BCUT2D eigenvalue weighted by molar-refractivity contribution is 5.92.